The Hall–Kier alpha value is -1.43. The topological polar surface area (TPSA) is 78.9 Å². The molecule has 0 aromatic heterocycles. The molecule has 0 spiro atoms. The van der Waals surface area contributed by atoms with E-state index in [4.69, 9.17) is 4.74 Å². The molecule has 6 nitrogen and oxygen atoms in total. The lowest BCUT2D eigenvalue weighted by Crippen LogP contribution is -2.35. The molecule has 0 heterocycles. The Kier molecular flexibility index (Phi) is 7.96. The van der Waals surface area contributed by atoms with Crippen LogP contribution in [0.1, 0.15) is 20.3 Å². The van der Waals surface area contributed by atoms with Gasteiger partial charge in [0.25, 0.3) is 0 Å². The minimum Gasteiger partial charge on any atom is -0.465 e. The van der Waals surface area contributed by atoms with E-state index < -0.39 is 23.6 Å². The van der Waals surface area contributed by atoms with Crippen molar-refractivity contribution < 1.29 is 28.6 Å². The van der Waals surface area contributed by atoms with E-state index in [1.165, 1.54) is 7.11 Å². The lowest BCUT2D eigenvalue weighted by molar-refractivity contribution is -0.164. The van der Waals surface area contributed by atoms with E-state index in [0.29, 0.717) is 0 Å². The summed E-state index contributed by atoms with van der Waals surface area (Å²) in [7, 11) is 1.43. The molecule has 0 saturated carbocycles. The van der Waals surface area contributed by atoms with E-state index >= 15 is 0 Å². The second-order valence-electron chi connectivity index (χ2n) is 3.15. The van der Waals surface area contributed by atoms with Crippen LogP contribution in [0.15, 0.2) is 0 Å². The van der Waals surface area contributed by atoms with Crippen LogP contribution >= 0.6 is 0 Å². The zero-order valence-electron chi connectivity index (χ0n) is 10.4. The van der Waals surface area contributed by atoms with E-state index in [1.54, 1.807) is 13.8 Å². The van der Waals surface area contributed by atoms with Gasteiger partial charge in [-0.25, -0.2) is 0 Å². The van der Waals surface area contributed by atoms with Gasteiger partial charge in [0.1, 0.15) is 0 Å². The molecule has 17 heavy (non-hydrogen) atoms. The summed E-state index contributed by atoms with van der Waals surface area (Å²) in [5.41, 5.74) is 0. The molecule has 0 N–H and O–H groups in total. The number of hydrogen-bond donors (Lipinski definition) is 0. The molecule has 98 valence electrons. The van der Waals surface area contributed by atoms with Gasteiger partial charge in [-0.05, 0) is 13.8 Å². The first kappa shape index (κ1) is 15.6. The van der Waals surface area contributed by atoms with E-state index in [2.05, 4.69) is 9.47 Å². The van der Waals surface area contributed by atoms with Crippen molar-refractivity contribution in [2.75, 3.05) is 26.9 Å². The Morgan fingerprint density at radius 3 is 1.82 bits per heavy atom. The van der Waals surface area contributed by atoms with Crippen molar-refractivity contribution in [2.24, 2.45) is 5.92 Å². The normalized spacial score (nSPS) is 10.1. The molecule has 0 bridgehead atoms. The number of hydrogen-bond acceptors (Lipinski definition) is 6. The van der Waals surface area contributed by atoms with Gasteiger partial charge in [-0.15, -0.1) is 0 Å². The lowest BCUT2D eigenvalue weighted by Gasteiger charge is -2.12. The number of ketones is 1. The highest BCUT2D eigenvalue weighted by Crippen LogP contribution is 2.08. The van der Waals surface area contributed by atoms with Crippen LogP contribution < -0.4 is 0 Å². The van der Waals surface area contributed by atoms with Gasteiger partial charge in [-0.2, -0.15) is 0 Å². The average molecular weight is 246 g/mol. The van der Waals surface area contributed by atoms with Crippen LogP contribution in [-0.2, 0) is 28.6 Å². The van der Waals surface area contributed by atoms with Gasteiger partial charge < -0.3 is 14.2 Å². The summed E-state index contributed by atoms with van der Waals surface area (Å²) in [4.78, 5) is 34.6. The summed E-state index contributed by atoms with van der Waals surface area (Å²) in [6.45, 7) is 3.55. The molecule has 0 aliphatic carbocycles. The van der Waals surface area contributed by atoms with E-state index in [1.807, 2.05) is 0 Å². The Bertz CT molecular complexity index is 255. The summed E-state index contributed by atoms with van der Waals surface area (Å²) in [5.74, 6) is -3.78. The van der Waals surface area contributed by atoms with Crippen LogP contribution in [0.3, 0.4) is 0 Å². The first-order valence-corrected chi connectivity index (χ1v) is 5.43. The van der Waals surface area contributed by atoms with Crippen molar-refractivity contribution in [3.8, 4) is 0 Å². The molecule has 0 rings (SSSR count). The Morgan fingerprint density at radius 2 is 1.47 bits per heavy atom. The van der Waals surface area contributed by atoms with Crippen molar-refractivity contribution in [1.82, 2.24) is 0 Å². The van der Waals surface area contributed by atoms with E-state index in [0.717, 1.165) is 0 Å². The van der Waals surface area contributed by atoms with Crippen LogP contribution in [0.4, 0.5) is 0 Å². The van der Waals surface area contributed by atoms with Crippen molar-refractivity contribution in [3.05, 3.63) is 0 Å². The van der Waals surface area contributed by atoms with Crippen molar-refractivity contribution in [1.29, 1.82) is 0 Å². The molecule has 6 heteroatoms. The predicted octanol–water partition coefficient (Wildman–Crippen LogP) is 0.334. The number of Topliss-reactive ketones (excluding diaryl/α,β-unsaturated/α-hetero) is 1. The van der Waals surface area contributed by atoms with Gasteiger partial charge in [0.15, 0.2) is 5.78 Å². The number of rotatable bonds is 8. The van der Waals surface area contributed by atoms with Crippen LogP contribution in [0.2, 0.25) is 0 Å². The minimum absolute atomic E-state index is 0.0290. The van der Waals surface area contributed by atoms with Crippen LogP contribution in [-0.4, -0.2) is 44.7 Å². The van der Waals surface area contributed by atoms with Gasteiger partial charge in [0.2, 0.25) is 5.92 Å². The van der Waals surface area contributed by atoms with Crippen molar-refractivity contribution in [3.63, 3.8) is 0 Å². The fourth-order valence-corrected chi connectivity index (χ4v) is 1.16. The van der Waals surface area contributed by atoms with Gasteiger partial charge in [0, 0.05) is 13.5 Å². The average Bonchev–Trinajstić information content (AvgIpc) is 2.27. The molecule has 0 saturated heterocycles. The maximum absolute atomic E-state index is 11.7. The minimum atomic E-state index is -1.50. The van der Waals surface area contributed by atoms with Crippen molar-refractivity contribution in [2.45, 2.75) is 20.3 Å². The standard InChI is InChI=1S/C11H18O6/c1-4-16-10(13)9(11(14)17-5-2)8(12)6-7-15-3/h9H,4-7H2,1-3H3. The third-order valence-electron chi connectivity index (χ3n) is 1.92. The van der Waals surface area contributed by atoms with Crippen LogP contribution in [0.25, 0.3) is 0 Å². The highest BCUT2D eigenvalue weighted by atomic mass is 16.6. The first-order valence-electron chi connectivity index (χ1n) is 5.43. The van der Waals surface area contributed by atoms with Crippen LogP contribution in [0.5, 0.6) is 0 Å². The Balaban J connectivity index is 4.65. The van der Waals surface area contributed by atoms with E-state index in [-0.39, 0.29) is 26.2 Å². The highest BCUT2D eigenvalue weighted by molar-refractivity contribution is 6.14. The molecule has 0 atom stereocenters. The van der Waals surface area contributed by atoms with Gasteiger partial charge in [-0.3, -0.25) is 14.4 Å². The molecule has 0 aromatic rings. The molecule has 0 aromatic carbocycles. The van der Waals surface area contributed by atoms with Crippen molar-refractivity contribution >= 4 is 17.7 Å². The summed E-state index contributed by atoms with van der Waals surface area (Å²) >= 11 is 0. The maximum atomic E-state index is 11.7. The predicted molar refractivity (Wildman–Crippen MR) is 58.3 cm³/mol. The number of carbonyl (C=O) groups is 3. The first-order chi connectivity index (χ1) is 8.08. The number of methoxy groups -OCH3 is 1. The Labute approximate surface area is 100 Å². The summed E-state index contributed by atoms with van der Waals surface area (Å²) < 4.78 is 14.1. The second-order valence-corrected chi connectivity index (χ2v) is 3.15. The highest BCUT2D eigenvalue weighted by Gasteiger charge is 2.36. The zero-order chi connectivity index (χ0) is 13.3. The molecule has 0 aliphatic heterocycles. The third kappa shape index (κ3) is 5.44. The monoisotopic (exact) mass is 246 g/mol. The number of esters is 2. The maximum Gasteiger partial charge on any atom is 0.328 e. The van der Waals surface area contributed by atoms with Gasteiger partial charge in [0.05, 0.1) is 19.8 Å². The summed E-state index contributed by atoms with van der Waals surface area (Å²) in [5, 5.41) is 0. The largest absolute Gasteiger partial charge is 0.465 e. The molecular formula is C11H18O6. The molecule has 0 fully saturated rings. The summed E-state index contributed by atoms with van der Waals surface area (Å²) in [6.07, 6.45) is -0.0290. The van der Waals surface area contributed by atoms with Gasteiger partial charge in [-0.1, -0.05) is 0 Å². The molecule has 0 amide bonds. The number of carbonyl (C=O) groups excluding carboxylic acids is 3. The molecular weight excluding hydrogens is 228 g/mol. The van der Waals surface area contributed by atoms with Gasteiger partial charge >= 0.3 is 11.9 Å². The second kappa shape index (κ2) is 8.69. The zero-order valence-corrected chi connectivity index (χ0v) is 10.4. The smallest absolute Gasteiger partial charge is 0.328 e. The lowest BCUT2D eigenvalue weighted by atomic mass is 10.0. The SMILES string of the molecule is CCOC(=O)C(C(=O)CCOC)C(=O)OCC. The van der Waals surface area contributed by atoms with Crippen LogP contribution in [0, 0.1) is 5.92 Å². The quantitative estimate of drug-likeness (QED) is 0.453. The fraction of sp³-hybridized carbons (Fsp3) is 0.727. The third-order valence-corrected chi connectivity index (χ3v) is 1.92. The molecule has 0 radical (unpaired) electrons. The fourth-order valence-electron chi connectivity index (χ4n) is 1.16. The number of ether oxygens (including phenoxy) is 3. The molecule has 0 aliphatic rings. The Morgan fingerprint density at radius 1 is 1.00 bits per heavy atom. The summed E-state index contributed by atoms with van der Waals surface area (Å²) in [6, 6.07) is 0. The van der Waals surface area contributed by atoms with E-state index in [9.17, 15) is 14.4 Å². The molecule has 0 unspecified atom stereocenters.